The number of amides is 1. The van der Waals surface area contributed by atoms with Gasteiger partial charge in [0.1, 0.15) is 0 Å². The average molecular weight is 418 g/mol. The molecule has 1 saturated heterocycles. The zero-order chi connectivity index (χ0) is 19.8. The third-order valence-electron chi connectivity index (χ3n) is 5.62. The van der Waals surface area contributed by atoms with Crippen molar-refractivity contribution >= 4 is 28.3 Å². The molecule has 0 saturated carbocycles. The van der Waals surface area contributed by atoms with E-state index in [4.69, 9.17) is 5.73 Å². The molecule has 1 unspecified atom stereocenters. The lowest BCUT2D eigenvalue weighted by molar-refractivity contribution is -0.132. The Bertz CT molecular complexity index is 785. The summed E-state index contributed by atoms with van der Waals surface area (Å²) in [6.07, 6.45) is 0.293. The molecule has 1 atom stereocenters. The van der Waals surface area contributed by atoms with Crippen molar-refractivity contribution in [2.45, 2.75) is 58.9 Å². The number of carbonyl (C=O) groups excluding carboxylic acids is 1. The monoisotopic (exact) mass is 417 g/mol. The van der Waals surface area contributed by atoms with Gasteiger partial charge in [-0.1, -0.05) is 0 Å². The summed E-state index contributed by atoms with van der Waals surface area (Å²) in [6, 6.07) is -0.187. The molecule has 1 fully saturated rings. The molecule has 8 heteroatoms. The smallest absolute Gasteiger partial charge is 0.243 e. The fourth-order valence-electron chi connectivity index (χ4n) is 3.56. The quantitative estimate of drug-likeness (QED) is 0.814. The number of hydrogen-bond donors (Lipinski definition) is 1. The number of halogens is 1. The van der Waals surface area contributed by atoms with Gasteiger partial charge >= 0.3 is 0 Å². The van der Waals surface area contributed by atoms with Crippen LogP contribution in [0.15, 0.2) is 4.90 Å². The van der Waals surface area contributed by atoms with E-state index in [-0.39, 0.29) is 24.4 Å². The predicted molar refractivity (Wildman–Crippen MR) is 111 cm³/mol. The number of carbonyl (C=O) groups is 1. The first kappa shape index (κ1) is 23.9. The lowest BCUT2D eigenvalue weighted by Crippen LogP contribution is -2.51. The first-order chi connectivity index (χ1) is 12.0. The number of benzene rings is 1. The van der Waals surface area contributed by atoms with Crippen LogP contribution in [0.3, 0.4) is 0 Å². The van der Waals surface area contributed by atoms with Gasteiger partial charge in [-0.3, -0.25) is 4.79 Å². The maximum absolute atomic E-state index is 13.3. The van der Waals surface area contributed by atoms with E-state index >= 15 is 0 Å². The summed E-state index contributed by atoms with van der Waals surface area (Å²) in [6.45, 7) is 13.0. The molecule has 27 heavy (non-hydrogen) atoms. The maximum Gasteiger partial charge on any atom is 0.243 e. The summed E-state index contributed by atoms with van der Waals surface area (Å²) in [5, 5.41) is 0. The number of rotatable bonds is 4. The second kappa shape index (κ2) is 8.90. The van der Waals surface area contributed by atoms with Gasteiger partial charge in [-0.05, 0) is 69.4 Å². The average Bonchev–Trinajstić information content (AvgIpc) is 2.57. The van der Waals surface area contributed by atoms with Crippen LogP contribution in [0.5, 0.6) is 0 Å². The first-order valence-electron chi connectivity index (χ1n) is 9.09. The number of sulfonamides is 1. The van der Waals surface area contributed by atoms with Gasteiger partial charge in [0.05, 0.1) is 4.90 Å². The van der Waals surface area contributed by atoms with E-state index in [1.165, 1.54) is 4.31 Å². The number of nitrogens with zero attached hydrogens (tertiary/aromatic N) is 2. The van der Waals surface area contributed by atoms with Crippen molar-refractivity contribution in [3.63, 3.8) is 0 Å². The number of hydrogen-bond acceptors (Lipinski definition) is 4. The summed E-state index contributed by atoms with van der Waals surface area (Å²) in [7, 11) is -3.59. The molecule has 1 aromatic carbocycles. The molecule has 154 valence electrons. The molecule has 1 aliphatic rings. The van der Waals surface area contributed by atoms with Crippen molar-refractivity contribution in [1.29, 1.82) is 0 Å². The predicted octanol–water partition coefficient (Wildman–Crippen LogP) is 2.22. The van der Waals surface area contributed by atoms with Gasteiger partial charge < -0.3 is 10.6 Å². The zero-order valence-electron chi connectivity index (χ0n) is 17.1. The van der Waals surface area contributed by atoms with Gasteiger partial charge in [0, 0.05) is 38.6 Å². The molecule has 0 bridgehead atoms. The van der Waals surface area contributed by atoms with E-state index in [0.29, 0.717) is 37.5 Å². The van der Waals surface area contributed by atoms with E-state index in [2.05, 4.69) is 0 Å². The third-order valence-corrected chi connectivity index (χ3v) is 7.79. The van der Waals surface area contributed by atoms with Gasteiger partial charge in [-0.2, -0.15) is 4.31 Å². The highest BCUT2D eigenvalue weighted by Crippen LogP contribution is 2.31. The SMILES string of the molecule is Cc1c(C)c(C)c(S(=O)(=O)N2CCN(C(=O)CC(C)N)CC2)c(C)c1C.Cl. The van der Waals surface area contributed by atoms with Crippen LogP contribution in [0, 0.1) is 34.6 Å². The number of nitrogens with two attached hydrogens (primary N) is 1. The summed E-state index contributed by atoms with van der Waals surface area (Å²) < 4.78 is 28.1. The Hall–Kier alpha value is -1.15. The zero-order valence-corrected chi connectivity index (χ0v) is 18.8. The molecule has 1 aliphatic heterocycles. The van der Waals surface area contributed by atoms with Crippen molar-refractivity contribution in [1.82, 2.24) is 9.21 Å². The fourth-order valence-corrected chi connectivity index (χ4v) is 5.55. The molecule has 2 N–H and O–H groups in total. The van der Waals surface area contributed by atoms with E-state index in [1.807, 2.05) is 34.6 Å². The molecule has 0 aliphatic carbocycles. The molecule has 0 radical (unpaired) electrons. The van der Waals surface area contributed by atoms with Gasteiger partial charge in [0.2, 0.25) is 15.9 Å². The van der Waals surface area contributed by atoms with Crippen LogP contribution in [0.4, 0.5) is 0 Å². The van der Waals surface area contributed by atoms with Crippen LogP contribution in [-0.4, -0.2) is 55.8 Å². The first-order valence-corrected chi connectivity index (χ1v) is 10.5. The lowest BCUT2D eigenvalue weighted by Gasteiger charge is -2.35. The van der Waals surface area contributed by atoms with Crippen LogP contribution >= 0.6 is 12.4 Å². The minimum atomic E-state index is -3.59. The molecule has 6 nitrogen and oxygen atoms in total. The van der Waals surface area contributed by atoms with E-state index < -0.39 is 10.0 Å². The minimum absolute atomic E-state index is 0. The highest BCUT2D eigenvalue weighted by molar-refractivity contribution is 7.89. The molecule has 1 aromatic rings. The van der Waals surface area contributed by atoms with Crippen molar-refractivity contribution in [3.05, 3.63) is 27.8 Å². The standard InChI is InChI=1S/C19H31N3O3S.ClH/c1-12(20)11-18(23)21-7-9-22(10-8-21)26(24,25)19-16(5)14(3)13(2)15(4)17(19)6;/h12H,7-11,20H2,1-6H3;1H. The molecule has 0 spiro atoms. The van der Waals surface area contributed by atoms with Gasteiger partial charge in [-0.25, -0.2) is 8.42 Å². The summed E-state index contributed by atoms with van der Waals surface area (Å²) in [5.41, 5.74) is 10.5. The van der Waals surface area contributed by atoms with Crippen molar-refractivity contribution in [2.75, 3.05) is 26.2 Å². The molecule has 1 heterocycles. The van der Waals surface area contributed by atoms with Crippen LogP contribution in [0.2, 0.25) is 0 Å². The van der Waals surface area contributed by atoms with Crippen LogP contribution in [-0.2, 0) is 14.8 Å². The summed E-state index contributed by atoms with van der Waals surface area (Å²) in [4.78, 5) is 14.3. The Balaban J connectivity index is 0.00000364. The second-order valence-electron chi connectivity index (χ2n) is 7.42. The highest BCUT2D eigenvalue weighted by atomic mass is 35.5. The summed E-state index contributed by atoms with van der Waals surface area (Å²) >= 11 is 0. The summed E-state index contributed by atoms with van der Waals surface area (Å²) in [5.74, 6) is -0.00793. The number of piperazine rings is 1. The Morgan fingerprint density at radius 3 is 1.74 bits per heavy atom. The Labute approximate surface area is 169 Å². The largest absolute Gasteiger partial charge is 0.340 e. The van der Waals surface area contributed by atoms with Crippen molar-refractivity contribution in [2.24, 2.45) is 5.73 Å². The second-order valence-corrected chi connectivity index (χ2v) is 9.30. The Morgan fingerprint density at radius 2 is 1.33 bits per heavy atom. The minimum Gasteiger partial charge on any atom is -0.340 e. The lowest BCUT2D eigenvalue weighted by atomic mass is 9.95. The van der Waals surface area contributed by atoms with Gasteiger partial charge in [0.15, 0.2) is 0 Å². The van der Waals surface area contributed by atoms with Gasteiger partial charge in [0.25, 0.3) is 0 Å². The van der Waals surface area contributed by atoms with E-state index in [9.17, 15) is 13.2 Å². The molecular formula is C19H32ClN3O3S. The molecular weight excluding hydrogens is 386 g/mol. The molecule has 2 rings (SSSR count). The third kappa shape index (κ3) is 4.65. The Kier molecular flexibility index (Phi) is 7.88. The van der Waals surface area contributed by atoms with Crippen molar-refractivity contribution < 1.29 is 13.2 Å². The Morgan fingerprint density at radius 1 is 0.926 bits per heavy atom. The van der Waals surface area contributed by atoms with Crippen molar-refractivity contribution in [3.8, 4) is 0 Å². The molecule has 1 amide bonds. The highest BCUT2D eigenvalue weighted by Gasteiger charge is 2.33. The van der Waals surface area contributed by atoms with Crippen LogP contribution in [0.25, 0.3) is 0 Å². The fraction of sp³-hybridized carbons (Fsp3) is 0.632. The maximum atomic E-state index is 13.3. The van der Waals surface area contributed by atoms with E-state index in [1.54, 1.807) is 11.8 Å². The van der Waals surface area contributed by atoms with E-state index in [0.717, 1.165) is 27.8 Å². The van der Waals surface area contributed by atoms with Crippen LogP contribution < -0.4 is 5.73 Å². The van der Waals surface area contributed by atoms with Crippen LogP contribution in [0.1, 0.15) is 41.2 Å². The normalized spacial score (nSPS) is 16.8. The molecule has 0 aromatic heterocycles. The topological polar surface area (TPSA) is 83.7 Å². The van der Waals surface area contributed by atoms with Gasteiger partial charge in [-0.15, -0.1) is 12.4 Å².